The standard InChI is InChI=1S/C20H29N3O3.ClH/c1-13(2)18(20(25)22-12-16-8-5-9-26-16)23-19(24)17-10-14-6-3-4-7-15(14)11-21-17;/h3-4,6-7,13,16-18,21H,5,8-12H2,1-2H3,(H,22,25)(H,23,24);1H/t16?,17-,18-;/m0./s1. The number of rotatable bonds is 6. The number of benzene rings is 1. The third kappa shape index (κ3) is 5.67. The highest BCUT2D eigenvalue weighted by Crippen LogP contribution is 2.17. The Morgan fingerprint density at radius 3 is 2.67 bits per heavy atom. The zero-order valence-corrected chi connectivity index (χ0v) is 16.8. The van der Waals surface area contributed by atoms with E-state index in [1.807, 2.05) is 26.0 Å². The molecule has 1 aromatic carbocycles. The summed E-state index contributed by atoms with van der Waals surface area (Å²) in [5, 5.41) is 9.14. The fourth-order valence-corrected chi connectivity index (χ4v) is 3.56. The number of nitrogens with one attached hydrogen (secondary N) is 3. The Balaban J connectivity index is 0.00000261. The summed E-state index contributed by atoms with van der Waals surface area (Å²) in [6.07, 6.45) is 2.76. The zero-order valence-electron chi connectivity index (χ0n) is 16.0. The van der Waals surface area contributed by atoms with Crippen LogP contribution in [0, 0.1) is 5.92 Å². The highest BCUT2D eigenvalue weighted by atomic mass is 35.5. The Kier molecular flexibility index (Phi) is 8.07. The summed E-state index contributed by atoms with van der Waals surface area (Å²) in [5.41, 5.74) is 2.42. The Morgan fingerprint density at radius 2 is 2.00 bits per heavy atom. The average Bonchev–Trinajstić information content (AvgIpc) is 3.17. The van der Waals surface area contributed by atoms with E-state index in [4.69, 9.17) is 4.74 Å². The monoisotopic (exact) mass is 395 g/mol. The van der Waals surface area contributed by atoms with Gasteiger partial charge in [-0.05, 0) is 36.3 Å². The second-order valence-corrected chi connectivity index (χ2v) is 7.52. The lowest BCUT2D eigenvalue weighted by Gasteiger charge is -2.28. The maximum Gasteiger partial charge on any atom is 0.242 e. The molecule has 3 rings (SSSR count). The number of halogens is 1. The summed E-state index contributed by atoms with van der Waals surface area (Å²) in [6, 6.07) is 7.29. The third-order valence-electron chi connectivity index (χ3n) is 5.17. The fraction of sp³-hybridized carbons (Fsp3) is 0.600. The van der Waals surface area contributed by atoms with E-state index in [1.165, 1.54) is 11.1 Å². The molecule has 1 aromatic rings. The third-order valence-corrected chi connectivity index (χ3v) is 5.17. The van der Waals surface area contributed by atoms with Gasteiger partial charge in [-0.25, -0.2) is 0 Å². The van der Waals surface area contributed by atoms with Crippen molar-refractivity contribution >= 4 is 24.2 Å². The smallest absolute Gasteiger partial charge is 0.242 e. The minimum absolute atomic E-state index is 0. The van der Waals surface area contributed by atoms with Crippen molar-refractivity contribution in [1.29, 1.82) is 0 Å². The maximum absolute atomic E-state index is 12.7. The van der Waals surface area contributed by atoms with Crippen molar-refractivity contribution in [2.45, 2.75) is 57.8 Å². The van der Waals surface area contributed by atoms with E-state index in [9.17, 15) is 9.59 Å². The summed E-state index contributed by atoms with van der Waals surface area (Å²) in [4.78, 5) is 25.3. The summed E-state index contributed by atoms with van der Waals surface area (Å²) in [6.45, 7) is 5.83. The molecule has 0 spiro atoms. The molecule has 150 valence electrons. The number of fused-ring (bicyclic) bond motifs is 1. The first-order valence-corrected chi connectivity index (χ1v) is 9.54. The van der Waals surface area contributed by atoms with Gasteiger partial charge in [0, 0.05) is 19.7 Å². The van der Waals surface area contributed by atoms with E-state index in [-0.39, 0.29) is 42.3 Å². The molecule has 1 saturated heterocycles. The van der Waals surface area contributed by atoms with Crippen LogP contribution in [0.1, 0.15) is 37.8 Å². The van der Waals surface area contributed by atoms with E-state index in [2.05, 4.69) is 28.1 Å². The van der Waals surface area contributed by atoms with Gasteiger partial charge in [0.05, 0.1) is 12.1 Å². The first-order chi connectivity index (χ1) is 12.5. The highest BCUT2D eigenvalue weighted by molar-refractivity contribution is 5.90. The van der Waals surface area contributed by atoms with Crippen LogP contribution in [0.5, 0.6) is 0 Å². The maximum atomic E-state index is 12.7. The predicted octanol–water partition coefficient (Wildman–Crippen LogP) is 1.56. The predicted molar refractivity (Wildman–Crippen MR) is 107 cm³/mol. The van der Waals surface area contributed by atoms with Gasteiger partial charge in [-0.3, -0.25) is 9.59 Å². The topological polar surface area (TPSA) is 79.5 Å². The number of ether oxygens (including phenoxy) is 1. The van der Waals surface area contributed by atoms with Gasteiger partial charge in [-0.2, -0.15) is 0 Å². The first kappa shape index (κ1) is 21.7. The summed E-state index contributed by atoms with van der Waals surface area (Å²) < 4.78 is 5.54. The lowest BCUT2D eigenvalue weighted by molar-refractivity contribution is -0.131. The number of carbonyl (C=O) groups is 2. The molecule has 0 saturated carbocycles. The molecule has 2 aliphatic rings. The Hall–Kier alpha value is -1.63. The molecule has 7 heteroatoms. The molecule has 27 heavy (non-hydrogen) atoms. The van der Waals surface area contributed by atoms with Crippen LogP contribution < -0.4 is 16.0 Å². The normalized spacial score (nSPS) is 22.5. The quantitative estimate of drug-likeness (QED) is 0.683. The van der Waals surface area contributed by atoms with Crippen molar-refractivity contribution in [2.24, 2.45) is 5.92 Å². The molecule has 3 N–H and O–H groups in total. The van der Waals surface area contributed by atoms with Crippen molar-refractivity contribution in [2.75, 3.05) is 13.2 Å². The van der Waals surface area contributed by atoms with Crippen molar-refractivity contribution in [3.8, 4) is 0 Å². The number of hydrogen-bond donors (Lipinski definition) is 3. The number of amides is 2. The van der Waals surface area contributed by atoms with Gasteiger partial charge in [-0.1, -0.05) is 38.1 Å². The molecule has 6 nitrogen and oxygen atoms in total. The molecule has 2 aliphatic heterocycles. The van der Waals surface area contributed by atoms with Gasteiger partial charge in [0.1, 0.15) is 6.04 Å². The van der Waals surface area contributed by atoms with E-state index >= 15 is 0 Å². The zero-order chi connectivity index (χ0) is 18.5. The van der Waals surface area contributed by atoms with Crippen molar-refractivity contribution < 1.29 is 14.3 Å². The van der Waals surface area contributed by atoms with E-state index in [1.54, 1.807) is 0 Å². The van der Waals surface area contributed by atoms with Crippen LogP contribution in [0.4, 0.5) is 0 Å². The average molecular weight is 396 g/mol. The SMILES string of the molecule is CC(C)[C@H](NC(=O)[C@@H]1Cc2ccccc2CN1)C(=O)NCC1CCCO1.Cl. The van der Waals surface area contributed by atoms with Crippen molar-refractivity contribution in [3.63, 3.8) is 0 Å². The largest absolute Gasteiger partial charge is 0.376 e. The molecular weight excluding hydrogens is 366 g/mol. The Morgan fingerprint density at radius 1 is 1.26 bits per heavy atom. The van der Waals surface area contributed by atoms with E-state index < -0.39 is 6.04 Å². The van der Waals surface area contributed by atoms with Crippen molar-refractivity contribution in [3.05, 3.63) is 35.4 Å². The van der Waals surface area contributed by atoms with Crippen LogP contribution in [-0.4, -0.2) is 43.2 Å². The molecular formula is C20H30ClN3O3. The van der Waals surface area contributed by atoms with Gasteiger partial charge < -0.3 is 20.7 Å². The van der Waals surface area contributed by atoms with Crippen LogP contribution in [0.2, 0.25) is 0 Å². The molecule has 3 atom stereocenters. The second kappa shape index (κ2) is 10.1. The van der Waals surface area contributed by atoms with Crippen LogP contribution >= 0.6 is 12.4 Å². The summed E-state index contributed by atoms with van der Waals surface area (Å²) in [5.74, 6) is -0.246. The summed E-state index contributed by atoms with van der Waals surface area (Å²) >= 11 is 0. The minimum Gasteiger partial charge on any atom is -0.376 e. The highest BCUT2D eigenvalue weighted by Gasteiger charge is 2.30. The lowest BCUT2D eigenvalue weighted by atomic mass is 9.94. The van der Waals surface area contributed by atoms with Gasteiger partial charge in [0.2, 0.25) is 11.8 Å². The first-order valence-electron chi connectivity index (χ1n) is 9.54. The van der Waals surface area contributed by atoms with Crippen LogP contribution in [0.25, 0.3) is 0 Å². The van der Waals surface area contributed by atoms with Gasteiger partial charge in [0.15, 0.2) is 0 Å². The molecule has 2 amide bonds. The van der Waals surface area contributed by atoms with Crippen LogP contribution in [0.15, 0.2) is 24.3 Å². The molecule has 1 fully saturated rings. The lowest BCUT2D eigenvalue weighted by Crippen LogP contribution is -2.56. The van der Waals surface area contributed by atoms with Gasteiger partial charge in [0.25, 0.3) is 0 Å². The van der Waals surface area contributed by atoms with Gasteiger partial charge >= 0.3 is 0 Å². The molecule has 2 heterocycles. The fourth-order valence-electron chi connectivity index (χ4n) is 3.56. The van der Waals surface area contributed by atoms with E-state index in [0.717, 1.165) is 19.4 Å². The molecule has 0 aromatic heterocycles. The molecule has 0 aliphatic carbocycles. The minimum atomic E-state index is -0.539. The Bertz CT molecular complexity index is 647. The van der Waals surface area contributed by atoms with E-state index in [0.29, 0.717) is 19.5 Å². The van der Waals surface area contributed by atoms with Crippen molar-refractivity contribution in [1.82, 2.24) is 16.0 Å². The molecule has 1 unspecified atom stereocenters. The molecule has 0 radical (unpaired) electrons. The molecule has 0 bridgehead atoms. The second-order valence-electron chi connectivity index (χ2n) is 7.52. The van der Waals surface area contributed by atoms with Crippen LogP contribution in [0.3, 0.4) is 0 Å². The summed E-state index contributed by atoms with van der Waals surface area (Å²) in [7, 11) is 0. The Labute approximate surface area is 167 Å². The van der Waals surface area contributed by atoms with Gasteiger partial charge in [-0.15, -0.1) is 12.4 Å². The van der Waals surface area contributed by atoms with Crippen LogP contribution in [-0.2, 0) is 27.3 Å². The number of carbonyl (C=O) groups excluding carboxylic acids is 2. The number of hydrogen-bond acceptors (Lipinski definition) is 4.